The maximum Gasteiger partial charge on any atom is 0.0478 e. The van der Waals surface area contributed by atoms with Gasteiger partial charge in [-0.1, -0.05) is 23.6 Å². The summed E-state index contributed by atoms with van der Waals surface area (Å²) in [6, 6.07) is 0. The van der Waals surface area contributed by atoms with Gasteiger partial charge in [0.2, 0.25) is 0 Å². The Kier molecular flexibility index (Phi) is 3.16. The van der Waals surface area contributed by atoms with Crippen LogP contribution in [0.25, 0.3) is 0 Å². The van der Waals surface area contributed by atoms with Crippen molar-refractivity contribution in [3.8, 4) is 0 Å². The summed E-state index contributed by atoms with van der Waals surface area (Å²) in [7, 11) is 0. The zero-order valence-electron chi connectivity index (χ0n) is 7.96. The van der Waals surface area contributed by atoms with E-state index in [4.69, 9.17) is 5.73 Å². The smallest absolute Gasteiger partial charge is 0.0478 e. The van der Waals surface area contributed by atoms with Gasteiger partial charge in [-0.3, -0.25) is 0 Å². The van der Waals surface area contributed by atoms with Gasteiger partial charge in [-0.25, -0.2) is 0 Å². The van der Waals surface area contributed by atoms with Gasteiger partial charge >= 0.3 is 0 Å². The average Bonchev–Trinajstić information content (AvgIpc) is 2.15. The molecule has 2 N–H and O–H groups in total. The molecule has 0 spiro atoms. The van der Waals surface area contributed by atoms with Crippen molar-refractivity contribution in [2.24, 2.45) is 5.73 Å². The van der Waals surface area contributed by atoms with Crippen LogP contribution >= 0.6 is 0 Å². The molecule has 1 aliphatic carbocycles. The minimum Gasteiger partial charge on any atom is -0.398 e. The summed E-state index contributed by atoms with van der Waals surface area (Å²) in [4.78, 5) is 0. The third kappa shape index (κ3) is 2.68. The second-order valence-corrected chi connectivity index (χ2v) is 2.83. The lowest BCUT2D eigenvalue weighted by Gasteiger charge is -1.99. The molecule has 0 atom stereocenters. The van der Waals surface area contributed by atoms with E-state index in [1.165, 1.54) is 0 Å². The molecule has 0 aliphatic heterocycles. The van der Waals surface area contributed by atoms with Crippen LogP contribution in [-0.2, 0) is 0 Å². The molecule has 0 radical (unpaired) electrons. The molecule has 13 heavy (non-hydrogen) atoms. The third-order valence-corrected chi connectivity index (χ3v) is 1.67. The third-order valence-electron chi connectivity index (χ3n) is 1.67. The maximum absolute atomic E-state index is 5.79. The van der Waals surface area contributed by atoms with Gasteiger partial charge < -0.3 is 5.73 Å². The van der Waals surface area contributed by atoms with Crippen LogP contribution in [0.1, 0.15) is 13.8 Å². The number of hydrogen-bond acceptors (Lipinski definition) is 1. The van der Waals surface area contributed by atoms with Crippen LogP contribution in [0.2, 0.25) is 0 Å². The van der Waals surface area contributed by atoms with Crippen LogP contribution < -0.4 is 5.73 Å². The summed E-state index contributed by atoms with van der Waals surface area (Å²) < 4.78 is 0. The Hall–Kier alpha value is -1.68. The maximum atomic E-state index is 5.79. The second-order valence-electron chi connectivity index (χ2n) is 2.83. The van der Waals surface area contributed by atoms with Crippen molar-refractivity contribution in [2.45, 2.75) is 13.8 Å². The molecule has 0 aromatic carbocycles. The summed E-state index contributed by atoms with van der Waals surface area (Å²) in [5.41, 5.74) is 14.5. The van der Waals surface area contributed by atoms with Crippen molar-refractivity contribution in [2.75, 3.05) is 0 Å². The predicted octanol–water partition coefficient (Wildman–Crippen LogP) is 2.60. The molecule has 0 aromatic heterocycles. The minimum absolute atomic E-state index is 0.717. The van der Waals surface area contributed by atoms with Crippen molar-refractivity contribution in [1.29, 1.82) is 0 Å². The van der Waals surface area contributed by atoms with Crippen LogP contribution in [0.3, 0.4) is 0 Å². The van der Waals surface area contributed by atoms with E-state index in [-0.39, 0.29) is 0 Å². The molecular formula is C12H13N. The molecule has 66 valence electrons. The highest BCUT2D eigenvalue weighted by Crippen LogP contribution is 2.09. The van der Waals surface area contributed by atoms with E-state index >= 15 is 0 Å². The van der Waals surface area contributed by atoms with Gasteiger partial charge in [0, 0.05) is 11.3 Å². The first-order chi connectivity index (χ1) is 6.24. The molecular weight excluding hydrogens is 158 g/mol. The Balaban J connectivity index is 2.99. The Morgan fingerprint density at radius 3 is 2.69 bits per heavy atom. The Labute approximate surface area is 79.0 Å². The second kappa shape index (κ2) is 4.37. The number of rotatable bonds is 2. The van der Waals surface area contributed by atoms with E-state index in [0.29, 0.717) is 5.70 Å². The standard InChI is InChI=1S/C12H13N/c1-3-4-5-12(13)11-8-6-10(2)7-9-11/h3-6,8H,13H2,1-2H3/b4-3-,12-5-. The van der Waals surface area contributed by atoms with Gasteiger partial charge in [0.05, 0.1) is 0 Å². The van der Waals surface area contributed by atoms with Gasteiger partial charge in [-0.2, -0.15) is 0 Å². The molecule has 1 rings (SSSR count). The summed E-state index contributed by atoms with van der Waals surface area (Å²) in [6.45, 7) is 3.93. The predicted molar refractivity (Wildman–Crippen MR) is 56.0 cm³/mol. The lowest BCUT2D eigenvalue weighted by Crippen LogP contribution is -1.98. The minimum atomic E-state index is 0.717. The van der Waals surface area contributed by atoms with E-state index in [0.717, 1.165) is 11.1 Å². The summed E-state index contributed by atoms with van der Waals surface area (Å²) in [5.74, 6) is 0. The highest BCUT2D eigenvalue weighted by atomic mass is 14.6. The zero-order chi connectivity index (χ0) is 9.68. The Morgan fingerprint density at radius 1 is 1.38 bits per heavy atom. The Morgan fingerprint density at radius 2 is 2.15 bits per heavy atom. The average molecular weight is 171 g/mol. The largest absolute Gasteiger partial charge is 0.398 e. The first-order valence-electron chi connectivity index (χ1n) is 4.23. The molecule has 0 heterocycles. The normalized spacial score (nSPS) is 16.3. The lowest BCUT2D eigenvalue weighted by atomic mass is 10.1. The highest BCUT2D eigenvalue weighted by Gasteiger charge is 1.96. The van der Waals surface area contributed by atoms with E-state index in [2.05, 4.69) is 11.5 Å². The fraction of sp³-hybridized carbons (Fsp3) is 0.167. The van der Waals surface area contributed by atoms with Gasteiger partial charge in [0.1, 0.15) is 0 Å². The van der Waals surface area contributed by atoms with E-state index < -0.39 is 0 Å². The SMILES string of the molecule is C/C=C\C=C(/N)C1=C=C=C(C)C=C1. The molecule has 0 amide bonds. The molecule has 1 aliphatic rings. The van der Waals surface area contributed by atoms with Crippen molar-refractivity contribution in [3.63, 3.8) is 0 Å². The highest BCUT2D eigenvalue weighted by molar-refractivity contribution is 5.43. The molecule has 1 heteroatoms. The van der Waals surface area contributed by atoms with Crippen molar-refractivity contribution < 1.29 is 0 Å². The summed E-state index contributed by atoms with van der Waals surface area (Å²) >= 11 is 0. The lowest BCUT2D eigenvalue weighted by molar-refractivity contribution is 1.34. The molecule has 0 aromatic rings. The number of nitrogens with two attached hydrogens (primary N) is 1. The van der Waals surface area contributed by atoms with Crippen molar-refractivity contribution in [1.82, 2.24) is 0 Å². The monoisotopic (exact) mass is 171 g/mol. The fourth-order valence-electron chi connectivity index (χ4n) is 0.916. The molecule has 0 fully saturated rings. The first kappa shape index (κ1) is 9.41. The van der Waals surface area contributed by atoms with E-state index in [9.17, 15) is 0 Å². The zero-order valence-corrected chi connectivity index (χ0v) is 7.96. The topological polar surface area (TPSA) is 26.0 Å². The van der Waals surface area contributed by atoms with E-state index in [1.807, 2.05) is 44.2 Å². The van der Waals surface area contributed by atoms with Crippen molar-refractivity contribution in [3.05, 3.63) is 58.7 Å². The van der Waals surface area contributed by atoms with E-state index in [1.54, 1.807) is 0 Å². The molecule has 0 unspecified atom stereocenters. The Bertz CT molecular complexity index is 379. The summed E-state index contributed by atoms with van der Waals surface area (Å²) in [5, 5.41) is 0. The molecule has 0 saturated heterocycles. The molecule has 1 nitrogen and oxygen atoms in total. The van der Waals surface area contributed by atoms with Gasteiger partial charge in [0.15, 0.2) is 0 Å². The van der Waals surface area contributed by atoms with Gasteiger partial charge in [0.25, 0.3) is 0 Å². The number of hydrogen-bond donors (Lipinski definition) is 1. The quantitative estimate of drug-likeness (QED) is 0.501. The van der Waals surface area contributed by atoms with Crippen LogP contribution in [0.4, 0.5) is 0 Å². The fourth-order valence-corrected chi connectivity index (χ4v) is 0.916. The van der Waals surface area contributed by atoms with Crippen LogP contribution in [0, 0.1) is 0 Å². The van der Waals surface area contributed by atoms with Crippen LogP contribution in [-0.4, -0.2) is 0 Å². The van der Waals surface area contributed by atoms with Gasteiger partial charge in [-0.15, -0.1) is 0 Å². The van der Waals surface area contributed by atoms with Crippen LogP contribution in [0.5, 0.6) is 0 Å². The number of allylic oxidation sites excluding steroid dienone is 6. The van der Waals surface area contributed by atoms with Crippen molar-refractivity contribution >= 4 is 0 Å². The first-order valence-corrected chi connectivity index (χ1v) is 4.23. The van der Waals surface area contributed by atoms with Crippen LogP contribution in [0.15, 0.2) is 58.7 Å². The molecule has 0 bridgehead atoms. The summed E-state index contributed by atoms with van der Waals surface area (Å²) in [6.07, 6.45) is 9.62. The van der Waals surface area contributed by atoms with Gasteiger partial charge in [-0.05, 0) is 37.6 Å². The molecule has 0 saturated carbocycles.